The van der Waals surface area contributed by atoms with E-state index in [1.165, 1.54) is 13.8 Å². The first-order valence-corrected chi connectivity index (χ1v) is 12.2. The van der Waals surface area contributed by atoms with Crippen LogP contribution in [0.3, 0.4) is 0 Å². The Morgan fingerprint density at radius 2 is 1.08 bits per heavy atom. The second-order valence-corrected chi connectivity index (χ2v) is 11.4. The van der Waals surface area contributed by atoms with Crippen LogP contribution in [-0.4, -0.2) is 70.7 Å². The van der Waals surface area contributed by atoms with E-state index in [2.05, 4.69) is 19.7 Å². The van der Waals surface area contributed by atoms with Gasteiger partial charge in [0.25, 0.3) is 0 Å². The van der Waals surface area contributed by atoms with Crippen LogP contribution in [0.25, 0.3) is 0 Å². The number of rotatable bonds is 16. The molecule has 38 heavy (non-hydrogen) atoms. The number of aliphatic hydroxyl groups is 2. The first-order valence-electron chi connectivity index (χ1n) is 12.2. The summed E-state index contributed by atoms with van der Waals surface area (Å²) < 4.78 is 20.9. The zero-order valence-corrected chi connectivity index (χ0v) is 24.0. The van der Waals surface area contributed by atoms with Crippen molar-refractivity contribution in [3.05, 3.63) is 36.5 Å². The van der Waals surface area contributed by atoms with E-state index in [9.17, 15) is 29.4 Å². The minimum atomic E-state index is -1.17. The summed E-state index contributed by atoms with van der Waals surface area (Å²) in [7, 11) is 0. The predicted molar refractivity (Wildman–Crippen MR) is 141 cm³/mol. The van der Waals surface area contributed by atoms with E-state index in [-0.39, 0.29) is 49.2 Å². The van der Waals surface area contributed by atoms with Crippen LogP contribution in [0.5, 0.6) is 0 Å². The number of carbonyl (C=O) groups excluding carboxylic acids is 4. The molecule has 0 heterocycles. The molecule has 0 aliphatic rings. The van der Waals surface area contributed by atoms with Crippen LogP contribution in [0.15, 0.2) is 36.5 Å². The summed E-state index contributed by atoms with van der Waals surface area (Å²) in [6.45, 7) is 22.6. The summed E-state index contributed by atoms with van der Waals surface area (Å²) in [6.07, 6.45) is -2.26. The minimum absolute atomic E-state index is 0.0108. The van der Waals surface area contributed by atoms with E-state index in [0.29, 0.717) is 0 Å². The Morgan fingerprint density at radius 1 is 0.684 bits per heavy atom. The van der Waals surface area contributed by atoms with E-state index < -0.39 is 52.7 Å². The van der Waals surface area contributed by atoms with Crippen LogP contribution < -0.4 is 0 Å². The van der Waals surface area contributed by atoms with Gasteiger partial charge in [-0.2, -0.15) is 0 Å². The molecule has 0 saturated carbocycles. The Hall–Kier alpha value is -2.98. The highest BCUT2D eigenvalue weighted by Gasteiger charge is 2.35. The molecule has 0 aliphatic heterocycles. The lowest BCUT2D eigenvalue weighted by molar-refractivity contribution is -0.163. The molecule has 10 heteroatoms. The summed E-state index contributed by atoms with van der Waals surface area (Å²) >= 11 is 0. The van der Waals surface area contributed by atoms with Gasteiger partial charge in [-0.1, -0.05) is 19.7 Å². The summed E-state index contributed by atoms with van der Waals surface area (Å²) in [5.41, 5.74) is -2.87. The Balaban J connectivity index is 4.83. The van der Waals surface area contributed by atoms with Crippen LogP contribution in [0.4, 0.5) is 0 Å². The van der Waals surface area contributed by atoms with Gasteiger partial charge in [-0.15, -0.1) is 0 Å². The molecule has 2 unspecified atom stereocenters. The molecule has 2 N–H and O–H groups in total. The number of hydrogen-bond acceptors (Lipinski definition) is 10. The molecule has 0 aromatic carbocycles. The highest BCUT2D eigenvalue weighted by molar-refractivity contribution is 5.90. The molecular weight excluding hydrogens is 496 g/mol. The molecule has 0 spiro atoms. The molecule has 0 saturated heterocycles. The molecule has 0 amide bonds. The smallest absolute Gasteiger partial charge is 0.333 e. The van der Waals surface area contributed by atoms with Gasteiger partial charge < -0.3 is 29.2 Å². The van der Waals surface area contributed by atoms with Crippen LogP contribution in [0.1, 0.15) is 74.7 Å². The van der Waals surface area contributed by atoms with Crippen molar-refractivity contribution in [3.8, 4) is 0 Å². The van der Waals surface area contributed by atoms with Crippen molar-refractivity contribution < 1.29 is 48.3 Å². The fourth-order valence-corrected chi connectivity index (χ4v) is 3.34. The zero-order chi connectivity index (χ0) is 30.1. The predicted octanol–water partition coefficient (Wildman–Crippen LogP) is 3.34. The van der Waals surface area contributed by atoms with Crippen molar-refractivity contribution in [2.45, 2.75) is 98.1 Å². The van der Waals surface area contributed by atoms with E-state index in [0.717, 1.165) is 0 Å². The monoisotopic (exact) mass is 540 g/mol. The van der Waals surface area contributed by atoms with E-state index in [1.807, 2.05) is 0 Å². The molecule has 0 bridgehead atoms. The number of esters is 4. The normalized spacial score (nSPS) is 13.5. The van der Waals surface area contributed by atoms with Gasteiger partial charge in [0.05, 0.1) is 17.6 Å². The average molecular weight is 541 g/mol. The van der Waals surface area contributed by atoms with Crippen molar-refractivity contribution in [3.63, 3.8) is 0 Å². The molecule has 0 radical (unpaired) electrons. The molecule has 2 atom stereocenters. The van der Waals surface area contributed by atoms with Gasteiger partial charge in [0.1, 0.15) is 24.4 Å². The van der Waals surface area contributed by atoms with Crippen molar-refractivity contribution in [2.24, 2.45) is 5.41 Å². The first-order chi connectivity index (χ1) is 17.1. The van der Waals surface area contributed by atoms with E-state index in [1.54, 1.807) is 41.5 Å². The molecular formula is C28H44O10. The summed E-state index contributed by atoms with van der Waals surface area (Å²) in [5, 5.41) is 20.4. The third-order valence-electron chi connectivity index (χ3n) is 5.20. The number of hydrogen-bond donors (Lipinski definition) is 2. The Labute approximate surface area is 225 Å². The van der Waals surface area contributed by atoms with Crippen molar-refractivity contribution in [2.75, 3.05) is 13.2 Å². The van der Waals surface area contributed by atoms with Crippen LogP contribution >= 0.6 is 0 Å². The van der Waals surface area contributed by atoms with E-state index >= 15 is 0 Å². The zero-order valence-electron chi connectivity index (χ0n) is 24.0. The number of carbonyl (C=O) groups is 4. The fraction of sp³-hybridized carbons (Fsp3) is 0.643. The van der Waals surface area contributed by atoms with Crippen LogP contribution in [-0.2, 0) is 38.1 Å². The Morgan fingerprint density at radius 3 is 1.50 bits per heavy atom. The Kier molecular flexibility index (Phi) is 13.1. The van der Waals surface area contributed by atoms with Gasteiger partial charge in [0, 0.05) is 29.6 Å². The van der Waals surface area contributed by atoms with Crippen molar-refractivity contribution in [1.82, 2.24) is 0 Å². The quantitative estimate of drug-likeness (QED) is 0.170. The third kappa shape index (κ3) is 13.5. The highest BCUT2D eigenvalue weighted by Crippen LogP contribution is 2.29. The number of ether oxygens (including phenoxy) is 4. The molecule has 0 aromatic heterocycles. The molecule has 0 rings (SSSR count). The van der Waals surface area contributed by atoms with E-state index in [4.69, 9.17) is 18.9 Å². The summed E-state index contributed by atoms with van der Waals surface area (Å²) in [5.74, 6) is -2.65. The number of aliphatic hydroxyl groups excluding tert-OH is 2. The lowest BCUT2D eigenvalue weighted by Crippen LogP contribution is -2.37. The van der Waals surface area contributed by atoms with Gasteiger partial charge in [0.15, 0.2) is 0 Å². The van der Waals surface area contributed by atoms with Crippen molar-refractivity contribution in [1.29, 1.82) is 0 Å². The molecule has 0 fully saturated rings. The largest absolute Gasteiger partial charge is 0.463 e. The summed E-state index contributed by atoms with van der Waals surface area (Å²) in [4.78, 5) is 48.5. The van der Waals surface area contributed by atoms with Crippen molar-refractivity contribution >= 4 is 23.9 Å². The second kappa shape index (κ2) is 14.2. The molecule has 10 nitrogen and oxygen atoms in total. The van der Waals surface area contributed by atoms with Gasteiger partial charge in [-0.05, 0) is 61.8 Å². The maximum Gasteiger partial charge on any atom is 0.333 e. The molecule has 0 aliphatic carbocycles. The van der Waals surface area contributed by atoms with Crippen LogP contribution in [0, 0.1) is 5.41 Å². The SMILES string of the molecule is C=C(C)C(=O)OCC(O)CC(C)(C)OC(=O)C(=C)CC(C)(C)C(=O)OCC(O)CC(C)(C)OC(=O)C(=C)C. The fourth-order valence-electron chi connectivity index (χ4n) is 3.34. The Bertz CT molecular complexity index is 926. The standard InChI is InChI=1S/C28H44O10/c1-17(2)22(31)35-15-20(29)13-28(10,11)38-24(33)19(5)12-26(6,7)25(34)36-16-21(30)14-27(8,9)37-23(32)18(3)4/h20-21,29-30H,1,3,5,12-16H2,2,4,6-11H3. The second-order valence-electron chi connectivity index (χ2n) is 11.4. The van der Waals surface area contributed by atoms with Crippen LogP contribution in [0.2, 0.25) is 0 Å². The minimum Gasteiger partial charge on any atom is -0.463 e. The average Bonchev–Trinajstić information content (AvgIpc) is 2.73. The highest BCUT2D eigenvalue weighted by atomic mass is 16.6. The summed E-state index contributed by atoms with van der Waals surface area (Å²) in [6, 6.07) is 0. The topological polar surface area (TPSA) is 146 Å². The molecule has 216 valence electrons. The maximum absolute atomic E-state index is 12.7. The van der Waals surface area contributed by atoms with Gasteiger partial charge in [0.2, 0.25) is 0 Å². The van der Waals surface area contributed by atoms with Gasteiger partial charge >= 0.3 is 23.9 Å². The maximum atomic E-state index is 12.7. The first kappa shape index (κ1) is 35.0. The lowest BCUT2D eigenvalue weighted by Gasteiger charge is -2.30. The molecule has 0 aromatic rings. The lowest BCUT2D eigenvalue weighted by atomic mass is 9.86. The van der Waals surface area contributed by atoms with Gasteiger partial charge in [-0.3, -0.25) is 4.79 Å². The van der Waals surface area contributed by atoms with Gasteiger partial charge in [-0.25, -0.2) is 14.4 Å². The third-order valence-corrected chi connectivity index (χ3v) is 5.20.